The fourth-order valence-electron chi connectivity index (χ4n) is 1.78. The lowest BCUT2D eigenvalue weighted by Gasteiger charge is -2.12. The van der Waals surface area contributed by atoms with Crippen molar-refractivity contribution in [2.45, 2.75) is 12.7 Å². The maximum atomic E-state index is 13.0. The van der Waals surface area contributed by atoms with Gasteiger partial charge in [0.05, 0.1) is 17.8 Å². The van der Waals surface area contributed by atoms with Crippen molar-refractivity contribution in [1.29, 1.82) is 5.26 Å². The summed E-state index contributed by atoms with van der Waals surface area (Å²) >= 11 is 0. The standard InChI is InChI=1S/C13H8F3N3O/c14-13(15,16)12-5-9(8-20)1-2-11(12)10-6-18-19(7-10)4-3-17/h1-2,5-8H,4H2. The van der Waals surface area contributed by atoms with Crippen molar-refractivity contribution in [3.05, 3.63) is 41.7 Å². The monoisotopic (exact) mass is 279 g/mol. The fourth-order valence-corrected chi connectivity index (χ4v) is 1.78. The first kappa shape index (κ1) is 13.8. The summed E-state index contributed by atoms with van der Waals surface area (Å²) in [5.41, 5.74) is -0.790. The zero-order valence-electron chi connectivity index (χ0n) is 10.1. The van der Waals surface area contributed by atoms with Crippen molar-refractivity contribution in [2.75, 3.05) is 0 Å². The predicted molar refractivity (Wildman–Crippen MR) is 63.7 cm³/mol. The minimum Gasteiger partial charge on any atom is -0.298 e. The van der Waals surface area contributed by atoms with Crippen LogP contribution in [0.1, 0.15) is 15.9 Å². The van der Waals surface area contributed by atoms with Gasteiger partial charge in [0.15, 0.2) is 0 Å². The first-order valence-electron chi connectivity index (χ1n) is 5.52. The number of nitriles is 1. The van der Waals surface area contributed by atoms with E-state index in [2.05, 4.69) is 5.10 Å². The van der Waals surface area contributed by atoms with Crippen LogP contribution in [0, 0.1) is 11.3 Å². The van der Waals surface area contributed by atoms with E-state index in [-0.39, 0.29) is 23.2 Å². The van der Waals surface area contributed by atoms with Gasteiger partial charge >= 0.3 is 6.18 Å². The molecule has 0 atom stereocenters. The van der Waals surface area contributed by atoms with Crippen LogP contribution in [0.2, 0.25) is 0 Å². The molecule has 1 aromatic carbocycles. The molecule has 1 aromatic heterocycles. The summed E-state index contributed by atoms with van der Waals surface area (Å²) in [6.07, 6.45) is -1.61. The Morgan fingerprint density at radius 2 is 2.15 bits per heavy atom. The molecule has 7 heteroatoms. The normalized spacial score (nSPS) is 11.1. The maximum Gasteiger partial charge on any atom is 0.417 e. The van der Waals surface area contributed by atoms with Crippen LogP contribution in [0.5, 0.6) is 0 Å². The van der Waals surface area contributed by atoms with Gasteiger partial charge in [-0.15, -0.1) is 0 Å². The Hall–Kier alpha value is -2.62. The molecule has 0 radical (unpaired) electrons. The number of hydrogen-bond donors (Lipinski definition) is 0. The zero-order valence-corrected chi connectivity index (χ0v) is 10.1. The van der Waals surface area contributed by atoms with Crippen LogP contribution < -0.4 is 0 Å². The molecule has 102 valence electrons. The van der Waals surface area contributed by atoms with Gasteiger partial charge in [0, 0.05) is 17.3 Å². The van der Waals surface area contributed by atoms with Crippen LogP contribution in [0.25, 0.3) is 11.1 Å². The number of aromatic nitrogens is 2. The molecule has 0 bridgehead atoms. The predicted octanol–water partition coefficient (Wildman–Crippen LogP) is 2.90. The van der Waals surface area contributed by atoms with Crippen LogP contribution in [-0.4, -0.2) is 16.1 Å². The molecule has 0 saturated carbocycles. The van der Waals surface area contributed by atoms with Gasteiger partial charge in [-0.05, 0) is 11.6 Å². The van der Waals surface area contributed by atoms with Gasteiger partial charge in [0.2, 0.25) is 0 Å². The van der Waals surface area contributed by atoms with E-state index < -0.39 is 11.7 Å². The highest BCUT2D eigenvalue weighted by Gasteiger charge is 2.34. The molecule has 0 aliphatic rings. The van der Waals surface area contributed by atoms with E-state index in [4.69, 9.17) is 5.26 Å². The number of carbonyl (C=O) groups is 1. The number of carbonyl (C=O) groups excluding carboxylic acids is 1. The fraction of sp³-hybridized carbons (Fsp3) is 0.154. The highest BCUT2D eigenvalue weighted by molar-refractivity contribution is 5.78. The van der Waals surface area contributed by atoms with Crippen LogP contribution in [0.15, 0.2) is 30.6 Å². The number of halogens is 3. The number of aldehydes is 1. The van der Waals surface area contributed by atoms with Crippen molar-refractivity contribution < 1.29 is 18.0 Å². The van der Waals surface area contributed by atoms with E-state index >= 15 is 0 Å². The highest BCUT2D eigenvalue weighted by Crippen LogP contribution is 2.37. The van der Waals surface area contributed by atoms with E-state index in [1.54, 1.807) is 0 Å². The van der Waals surface area contributed by atoms with Gasteiger partial charge in [-0.1, -0.05) is 12.1 Å². The topological polar surface area (TPSA) is 58.7 Å². The second-order valence-corrected chi connectivity index (χ2v) is 4.01. The lowest BCUT2D eigenvalue weighted by atomic mass is 9.99. The van der Waals surface area contributed by atoms with Crippen LogP contribution in [-0.2, 0) is 12.7 Å². The van der Waals surface area contributed by atoms with Gasteiger partial charge < -0.3 is 0 Å². The molecule has 20 heavy (non-hydrogen) atoms. The third-order valence-corrected chi connectivity index (χ3v) is 2.66. The molecule has 0 N–H and O–H groups in total. The molecule has 0 spiro atoms. The maximum absolute atomic E-state index is 13.0. The summed E-state index contributed by atoms with van der Waals surface area (Å²) in [5.74, 6) is 0. The van der Waals surface area contributed by atoms with Crippen LogP contribution in [0.3, 0.4) is 0 Å². The number of rotatable bonds is 3. The minimum atomic E-state index is -4.58. The summed E-state index contributed by atoms with van der Waals surface area (Å²) in [6, 6.07) is 5.17. The number of hydrogen-bond acceptors (Lipinski definition) is 3. The molecular formula is C13H8F3N3O. The second kappa shape index (κ2) is 5.17. The molecule has 0 aliphatic carbocycles. The van der Waals surface area contributed by atoms with Crippen LogP contribution >= 0.6 is 0 Å². The quantitative estimate of drug-likeness (QED) is 0.812. The third kappa shape index (κ3) is 2.69. The summed E-state index contributed by atoms with van der Waals surface area (Å²) in [4.78, 5) is 10.6. The van der Waals surface area contributed by atoms with E-state index in [0.29, 0.717) is 6.29 Å². The van der Waals surface area contributed by atoms with E-state index in [1.165, 1.54) is 29.2 Å². The number of alkyl halides is 3. The Labute approximate surface area is 112 Å². The van der Waals surface area contributed by atoms with Crippen molar-refractivity contribution in [1.82, 2.24) is 9.78 Å². The Kier molecular flexibility index (Phi) is 3.57. The molecule has 4 nitrogen and oxygen atoms in total. The molecule has 1 heterocycles. The Bertz CT molecular complexity index is 683. The molecule has 0 unspecified atom stereocenters. The van der Waals surface area contributed by atoms with Crippen molar-refractivity contribution in [3.63, 3.8) is 0 Å². The van der Waals surface area contributed by atoms with Crippen molar-refractivity contribution >= 4 is 6.29 Å². The van der Waals surface area contributed by atoms with Crippen molar-refractivity contribution in [3.8, 4) is 17.2 Å². The molecular weight excluding hydrogens is 271 g/mol. The summed E-state index contributed by atoms with van der Waals surface area (Å²) in [5, 5.41) is 12.3. The molecule has 2 aromatic rings. The molecule has 0 fully saturated rings. The first-order chi connectivity index (χ1) is 9.45. The van der Waals surface area contributed by atoms with E-state index in [1.807, 2.05) is 6.07 Å². The van der Waals surface area contributed by atoms with E-state index in [0.717, 1.165) is 6.07 Å². The Morgan fingerprint density at radius 1 is 1.40 bits per heavy atom. The Balaban J connectivity index is 2.55. The molecule has 0 saturated heterocycles. The SMILES string of the molecule is N#CCn1cc(-c2ccc(C=O)cc2C(F)(F)F)cn1. The van der Waals surface area contributed by atoms with Crippen molar-refractivity contribution in [2.24, 2.45) is 0 Å². The number of nitrogens with zero attached hydrogens (tertiary/aromatic N) is 3. The Morgan fingerprint density at radius 3 is 2.75 bits per heavy atom. The molecule has 0 aliphatic heterocycles. The van der Waals surface area contributed by atoms with Crippen LogP contribution in [0.4, 0.5) is 13.2 Å². The van der Waals surface area contributed by atoms with Gasteiger partial charge in [0.25, 0.3) is 0 Å². The summed E-state index contributed by atoms with van der Waals surface area (Å²) in [7, 11) is 0. The second-order valence-electron chi connectivity index (χ2n) is 4.01. The zero-order chi connectivity index (χ0) is 14.8. The third-order valence-electron chi connectivity index (χ3n) is 2.66. The molecule has 0 amide bonds. The minimum absolute atomic E-state index is 0.0478. The summed E-state index contributed by atoms with van der Waals surface area (Å²) in [6.45, 7) is -0.0478. The van der Waals surface area contributed by atoms with Gasteiger partial charge in [-0.3, -0.25) is 9.48 Å². The summed E-state index contributed by atoms with van der Waals surface area (Å²) < 4.78 is 40.3. The van der Waals surface area contributed by atoms with Gasteiger partial charge in [-0.2, -0.15) is 23.5 Å². The average Bonchev–Trinajstić information content (AvgIpc) is 2.86. The highest BCUT2D eigenvalue weighted by atomic mass is 19.4. The smallest absolute Gasteiger partial charge is 0.298 e. The lowest BCUT2D eigenvalue weighted by Crippen LogP contribution is -2.08. The first-order valence-corrected chi connectivity index (χ1v) is 5.52. The number of benzene rings is 1. The van der Waals surface area contributed by atoms with Gasteiger partial charge in [0.1, 0.15) is 12.8 Å². The van der Waals surface area contributed by atoms with E-state index in [9.17, 15) is 18.0 Å². The molecule has 2 rings (SSSR count). The lowest BCUT2D eigenvalue weighted by molar-refractivity contribution is -0.137. The van der Waals surface area contributed by atoms with Gasteiger partial charge in [-0.25, -0.2) is 0 Å². The largest absolute Gasteiger partial charge is 0.417 e. The average molecular weight is 279 g/mol.